The summed E-state index contributed by atoms with van der Waals surface area (Å²) in [6, 6.07) is 101. The Kier molecular flexibility index (Phi) is 9.14. The lowest BCUT2D eigenvalue weighted by atomic mass is 9.66. The second kappa shape index (κ2) is 16.2. The number of benzene rings is 12. The van der Waals surface area contributed by atoms with Crippen LogP contribution in [0.4, 0.5) is 17.1 Å². The summed E-state index contributed by atoms with van der Waals surface area (Å²) in [6.45, 7) is 0. The molecule has 0 N–H and O–H groups in total. The summed E-state index contributed by atoms with van der Waals surface area (Å²) in [5, 5.41) is 2.48. The van der Waals surface area contributed by atoms with Gasteiger partial charge in [0.1, 0.15) is 11.5 Å². The normalized spacial score (nSPS) is 14.1. The summed E-state index contributed by atoms with van der Waals surface area (Å²) in [7, 11) is 0. The van der Waals surface area contributed by atoms with E-state index < -0.39 is 10.8 Å². The Morgan fingerprint density at radius 2 is 0.693 bits per heavy atom. The molecule has 12 aromatic carbocycles. The van der Waals surface area contributed by atoms with Crippen molar-refractivity contribution in [1.29, 1.82) is 0 Å². The van der Waals surface area contributed by atoms with Crippen LogP contribution in [0, 0.1) is 0 Å². The maximum absolute atomic E-state index is 6.76. The monoisotopic (exact) mass is 971 g/mol. The van der Waals surface area contributed by atoms with Crippen molar-refractivity contribution < 1.29 is 4.74 Å². The molecule has 0 saturated heterocycles. The van der Waals surface area contributed by atoms with Crippen LogP contribution in [0.25, 0.3) is 55.3 Å². The van der Waals surface area contributed by atoms with E-state index in [1.54, 1.807) is 0 Å². The lowest BCUT2D eigenvalue weighted by Crippen LogP contribution is -2.32. The van der Waals surface area contributed by atoms with Crippen molar-refractivity contribution >= 4 is 39.6 Å². The third kappa shape index (κ3) is 5.99. The minimum absolute atomic E-state index is 0.510. The van der Waals surface area contributed by atoms with Crippen molar-refractivity contribution in [3.05, 3.63) is 317 Å². The van der Waals surface area contributed by atoms with Crippen LogP contribution in [-0.4, -0.2) is 0 Å². The van der Waals surface area contributed by atoms with Gasteiger partial charge in [-0.2, -0.15) is 0 Å². The summed E-state index contributed by atoms with van der Waals surface area (Å²) >= 11 is 1.89. The Morgan fingerprint density at radius 3 is 1.36 bits per heavy atom. The predicted octanol–water partition coefficient (Wildman–Crippen LogP) is 18.9. The highest BCUT2D eigenvalue weighted by Gasteiger charge is 2.52. The molecular formula is C72H45NOS. The van der Waals surface area contributed by atoms with Gasteiger partial charge in [0.05, 0.1) is 10.8 Å². The minimum Gasteiger partial charge on any atom is -0.457 e. The zero-order valence-corrected chi connectivity index (χ0v) is 41.6. The van der Waals surface area contributed by atoms with E-state index in [9.17, 15) is 0 Å². The Morgan fingerprint density at radius 1 is 0.267 bits per heavy atom. The summed E-state index contributed by atoms with van der Waals surface area (Å²) < 4.78 is 6.76. The predicted molar refractivity (Wildman–Crippen MR) is 308 cm³/mol. The summed E-state index contributed by atoms with van der Waals surface area (Å²) in [6.07, 6.45) is 0. The first kappa shape index (κ1) is 42.4. The first-order chi connectivity index (χ1) is 37.2. The topological polar surface area (TPSA) is 12.5 Å². The molecule has 2 spiro atoms. The van der Waals surface area contributed by atoms with Gasteiger partial charge in [0.2, 0.25) is 0 Å². The van der Waals surface area contributed by atoms with Gasteiger partial charge in [-0.15, -0.1) is 0 Å². The second-order valence-corrected chi connectivity index (χ2v) is 21.3. The number of fused-ring (bicyclic) bond motifs is 19. The summed E-state index contributed by atoms with van der Waals surface area (Å²) in [5.41, 5.74) is 22.0. The average molecular weight is 972 g/mol. The van der Waals surface area contributed by atoms with Crippen molar-refractivity contribution in [2.24, 2.45) is 0 Å². The quantitative estimate of drug-likeness (QED) is 0.171. The van der Waals surface area contributed by atoms with Crippen LogP contribution in [0.3, 0.4) is 0 Å². The molecule has 0 fully saturated rings. The molecule has 12 aromatic rings. The number of ether oxygens (including phenoxy) is 1. The fourth-order valence-electron chi connectivity index (χ4n) is 13.4. The van der Waals surface area contributed by atoms with E-state index in [0.717, 1.165) is 39.7 Å². The van der Waals surface area contributed by atoms with Crippen LogP contribution in [0.1, 0.15) is 44.5 Å². The lowest BCUT2D eigenvalue weighted by molar-refractivity contribution is 0.436. The first-order valence-electron chi connectivity index (χ1n) is 25.9. The molecule has 0 amide bonds. The zero-order valence-electron chi connectivity index (χ0n) is 40.7. The maximum atomic E-state index is 6.76. The second-order valence-electron chi connectivity index (χ2n) is 20.3. The number of hydrogen-bond donors (Lipinski definition) is 0. The Balaban J connectivity index is 0.933. The molecule has 75 heavy (non-hydrogen) atoms. The van der Waals surface area contributed by atoms with Crippen LogP contribution >= 0.6 is 11.8 Å². The number of anilines is 3. The fourth-order valence-corrected chi connectivity index (χ4v) is 14.6. The third-order valence-corrected chi connectivity index (χ3v) is 17.7. The van der Waals surface area contributed by atoms with Gasteiger partial charge >= 0.3 is 0 Å². The molecule has 0 aromatic heterocycles. The standard InChI is InChI=1S/C72H45NOS/c1-2-16-46(17-3-1)47-30-32-48(33-31-47)49-34-36-52(37-35-49)73(54-38-40-56-55-20-6-7-21-59(55)71(66(56)45-54)61-22-8-12-26-67(61)74-68-27-13-9-23-62(68)71)53-39-41-60-58(44-53)57-42-50-18-4-5-19-51(50)43-65(57)72(60)63-24-10-14-28-69(63)75-70-29-15-11-25-64(70)72/h1-45H. The third-order valence-electron chi connectivity index (χ3n) is 16.6. The highest BCUT2D eigenvalue weighted by atomic mass is 32.2. The van der Waals surface area contributed by atoms with Crippen molar-refractivity contribution in [2.45, 2.75) is 20.6 Å². The molecule has 0 saturated carbocycles. The molecule has 0 unspecified atom stereocenters. The van der Waals surface area contributed by atoms with Crippen LogP contribution in [-0.2, 0) is 10.8 Å². The van der Waals surface area contributed by atoms with E-state index in [0.29, 0.717) is 0 Å². The Hall–Kier alpha value is -9.15. The van der Waals surface area contributed by atoms with E-state index in [4.69, 9.17) is 4.74 Å². The minimum atomic E-state index is -0.612. The molecule has 0 bridgehead atoms. The molecule has 2 aliphatic carbocycles. The van der Waals surface area contributed by atoms with Crippen molar-refractivity contribution in [3.8, 4) is 56.0 Å². The summed E-state index contributed by atoms with van der Waals surface area (Å²) in [4.78, 5) is 5.09. The smallest absolute Gasteiger partial charge is 0.132 e. The van der Waals surface area contributed by atoms with Gasteiger partial charge < -0.3 is 9.64 Å². The van der Waals surface area contributed by atoms with Gasteiger partial charge in [-0.05, 0) is 161 Å². The van der Waals surface area contributed by atoms with Gasteiger partial charge in [0.15, 0.2) is 0 Å². The molecular weight excluding hydrogens is 927 g/mol. The average Bonchev–Trinajstić information content (AvgIpc) is 4.15. The van der Waals surface area contributed by atoms with Crippen LogP contribution < -0.4 is 9.64 Å². The van der Waals surface area contributed by atoms with Gasteiger partial charge in [0, 0.05) is 38.0 Å². The Labute approximate surface area is 440 Å². The van der Waals surface area contributed by atoms with Gasteiger partial charge in [0.25, 0.3) is 0 Å². The number of hydrogen-bond acceptors (Lipinski definition) is 3. The SMILES string of the molecule is c1ccc(-c2ccc(-c3ccc(N(c4ccc5c(c4)-c4cc6ccccc6cc4C54c5ccccc5Sc5ccccc54)c4ccc5c(c4)C4(c6ccccc6Oc6ccccc64)c4ccccc4-5)cc3)cc2)cc1. The van der Waals surface area contributed by atoms with Gasteiger partial charge in [-0.25, -0.2) is 0 Å². The molecule has 2 heterocycles. The zero-order chi connectivity index (χ0) is 49.2. The van der Waals surface area contributed by atoms with E-state index >= 15 is 0 Å². The van der Waals surface area contributed by atoms with Crippen LogP contribution in [0.5, 0.6) is 11.5 Å². The lowest BCUT2D eigenvalue weighted by Gasteiger charge is -2.40. The molecule has 4 aliphatic rings. The molecule has 350 valence electrons. The fraction of sp³-hybridized carbons (Fsp3) is 0.0278. The molecule has 2 aliphatic heterocycles. The molecule has 2 nitrogen and oxygen atoms in total. The van der Waals surface area contributed by atoms with E-state index in [2.05, 4.69) is 278 Å². The highest BCUT2D eigenvalue weighted by molar-refractivity contribution is 7.99. The molecule has 0 atom stereocenters. The maximum Gasteiger partial charge on any atom is 0.132 e. The van der Waals surface area contributed by atoms with E-state index in [-0.39, 0.29) is 0 Å². The Bertz CT molecular complexity index is 4220. The first-order valence-corrected chi connectivity index (χ1v) is 26.7. The molecule has 0 radical (unpaired) electrons. The van der Waals surface area contributed by atoms with Crippen LogP contribution in [0.15, 0.2) is 283 Å². The van der Waals surface area contributed by atoms with E-state index in [1.807, 2.05) is 11.8 Å². The van der Waals surface area contributed by atoms with Gasteiger partial charge in [-0.3, -0.25) is 0 Å². The molecule has 16 rings (SSSR count). The van der Waals surface area contributed by atoms with Crippen molar-refractivity contribution in [3.63, 3.8) is 0 Å². The van der Waals surface area contributed by atoms with Crippen molar-refractivity contribution in [2.75, 3.05) is 4.90 Å². The van der Waals surface area contributed by atoms with E-state index in [1.165, 1.54) is 98.5 Å². The highest BCUT2D eigenvalue weighted by Crippen LogP contribution is 2.65. The summed E-state index contributed by atoms with van der Waals surface area (Å²) in [5.74, 6) is 1.77. The largest absolute Gasteiger partial charge is 0.457 e. The van der Waals surface area contributed by atoms with Crippen molar-refractivity contribution in [1.82, 2.24) is 0 Å². The molecule has 3 heteroatoms. The number of para-hydroxylation sites is 2. The van der Waals surface area contributed by atoms with Gasteiger partial charge in [-0.1, -0.05) is 212 Å². The number of rotatable bonds is 5. The van der Waals surface area contributed by atoms with Crippen LogP contribution in [0.2, 0.25) is 0 Å². The number of nitrogens with zero attached hydrogens (tertiary/aromatic N) is 1.